The van der Waals surface area contributed by atoms with Crippen molar-refractivity contribution in [1.29, 1.82) is 0 Å². The van der Waals surface area contributed by atoms with Gasteiger partial charge in [0.25, 0.3) is 0 Å². The number of carbonyl (C=O) groups excluding carboxylic acids is 2. The molecule has 0 spiro atoms. The molecule has 0 saturated heterocycles. The first-order valence-corrected chi connectivity index (χ1v) is 6.37. The number of esters is 2. The standard InChI is InChI=1S/C15H20O4/c1-5-11-9-15(10-12(11)6-2,13(16)18-7-3)14(17)19-8-4/h5-6H,1-2,7-10H2,3-4H3. The molecule has 4 heteroatoms. The first-order chi connectivity index (χ1) is 9.05. The molecule has 1 aliphatic carbocycles. The molecular weight excluding hydrogens is 244 g/mol. The SMILES string of the molecule is C=CC1=C(C=C)CC(C(=O)OCC)(C(=O)OCC)C1. The van der Waals surface area contributed by atoms with Crippen LogP contribution < -0.4 is 0 Å². The molecule has 1 rings (SSSR count). The van der Waals surface area contributed by atoms with E-state index in [0.717, 1.165) is 11.1 Å². The molecule has 0 N–H and O–H groups in total. The first-order valence-electron chi connectivity index (χ1n) is 6.37. The van der Waals surface area contributed by atoms with Gasteiger partial charge in [-0.25, -0.2) is 0 Å². The monoisotopic (exact) mass is 264 g/mol. The Labute approximate surface area is 113 Å². The lowest BCUT2D eigenvalue weighted by atomic mass is 9.83. The molecule has 0 aromatic heterocycles. The Hall–Kier alpha value is -1.84. The van der Waals surface area contributed by atoms with Gasteiger partial charge < -0.3 is 9.47 Å². The van der Waals surface area contributed by atoms with Crippen LogP contribution in [0.1, 0.15) is 26.7 Å². The lowest BCUT2D eigenvalue weighted by Gasteiger charge is -2.24. The van der Waals surface area contributed by atoms with Crippen LogP contribution in [0.2, 0.25) is 0 Å². The van der Waals surface area contributed by atoms with Crippen molar-refractivity contribution in [3.05, 3.63) is 36.5 Å². The molecular formula is C15H20O4. The first kappa shape index (κ1) is 15.2. The summed E-state index contributed by atoms with van der Waals surface area (Å²) < 4.78 is 10.1. The molecule has 4 nitrogen and oxygen atoms in total. The van der Waals surface area contributed by atoms with Crippen molar-refractivity contribution in [2.45, 2.75) is 26.7 Å². The van der Waals surface area contributed by atoms with Gasteiger partial charge in [-0.3, -0.25) is 9.59 Å². The van der Waals surface area contributed by atoms with Gasteiger partial charge in [0.05, 0.1) is 13.2 Å². The topological polar surface area (TPSA) is 52.6 Å². The van der Waals surface area contributed by atoms with E-state index in [0.29, 0.717) is 0 Å². The van der Waals surface area contributed by atoms with E-state index in [-0.39, 0.29) is 26.1 Å². The number of hydrogen-bond acceptors (Lipinski definition) is 4. The van der Waals surface area contributed by atoms with E-state index in [2.05, 4.69) is 13.2 Å². The summed E-state index contributed by atoms with van der Waals surface area (Å²) in [6.07, 6.45) is 3.82. The third kappa shape index (κ3) is 2.78. The Morgan fingerprint density at radius 2 is 1.42 bits per heavy atom. The van der Waals surface area contributed by atoms with Gasteiger partial charge in [0.15, 0.2) is 5.41 Å². The molecule has 0 saturated carbocycles. The van der Waals surface area contributed by atoms with Crippen LogP contribution in [-0.2, 0) is 19.1 Å². The summed E-state index contributed by atoms with van der Waals surface area (Å²) in [5, 5.41) is 0. The van der Waals surface area contributed by atoms with Crippen LogP contribution in [0.15, 0.2) is 36.5 Å². The van der Waals surface area contributed by atoms with Crippen LogP contribution in [0.3, 0.4) is 0 Å². The van der Waals surface area contributed by atoms with E-state index in [1.165, 1.54) is 0 Å². The van der Waals surface area contributed by atoms with Crippen molar-refractivity contribution in [3.63, 3.8) is 0 Å². The zero-order chi connectivity index (χ0) is 14.5. The zero-order valence-corrected chi connectivity index (χ0v) is 11.5. The molecule has 0 heterocycles. The van der Waals surface area contributed by atoms with Crippen molar-refractivity contribution in [1.82, 2.24) is 0 Å². The summed E-state index contributed by atoms with van der Waals surface area (Å²) in [4.78, 5) is 24.4. The Morgan fingerprint density at radius 1 is 1.05 bits per heavy atom. The summed E-state index contributed by atoms with van der Waals surface area (Å²) in [7, 11) is 0. The fourth-order valence-corrected chi connectivity index (χ4v) is 2.26. The predicted octanol–water partition coefficient (Wildman–Crippen LogP) is 2.56. The summed E-state index contributed by atoms with van der Waals surface area (Å²) in [6.45, 7) is 11.3. The third-order valence-corrected chi connectivity index (χ3v) is 3.22. The smallest absolute Gasteiger partial charge is 0.324 e. The van der Waals surface area contributed by atoms with Crippen LogP contribution in [0.25, 0.3) is 0 Å². The summed E-state index contributed by atoms with van der Waals surface area (Å²) in [5.41, 5.74) is 0.409. The third-order valence-electron chi connectivity index (χ3n) is 3.22. The van der Waals surface area contributed by atoms with Gasteiger partial charge in [0.2, 0.25) is 0 Å². The number of allylic oxidation sites excluding steroid dienone is 4. The molecule has 0 unspecified atom stereocenters. The predicted molar refractivity (Wildman–Crippen MR) is 72.4 cm³/mol. The van der Waals surface area contributed by atoms with Crippen LogP contribution in [-0.4, -0.2) is 25.2 Å². The Balaban J connectivity index is 3.11. The number of ether oxygens (including phenoxy) is 2. The summed E-state index contributed by atoms with van der Waals surface area (Å²) in [5.74, 6) is -1.07. The number of rotatable bonds is 6. The molecule has 0 atom stereocenters. The minimum Gasteiger partial charge on any atom is -0.465 e. The van der Waals surface area contributed by atoms with Gasteiger partial charge >= 0.3 is 11.9 Å². The quantitative estimate of drug-likeness (QED) is 0.546. The molecule has 0 fully saturated rings. The fourth-order valence-electron chi connectivity index (χ4n) is 2.26. The highest BCUT2D eigenvalue weighted by molar-refractivity contribution is 6.01. The molecule has 0 radical (unpaired) electrons. The van der Waals surface area contributed by atoms with Gasteiger partial charge in [-0.1, -0.05) is 25.3 Å². The van der Waals surface area contributed by atoms with E-state index in [9.17, 15) is 9.59 Å². The number of carbonyl (C=O) groups is 2. The Bertz CT molecular complexity index is 391. The van der Waals surface area contributed by atoms with Crippen molar-refractivity contribution in [3.8, 4) is 0 Å². The largest absolute Gasteiger partial charge is 0.465 e. The van der Waals surface area contributed by atoms with Crippen LogP contribution in [0, 0.1) is 5.41 Å². The molecule has 104 valence electrons. The second-order valence-electron chi connectivity index (χ2n) is 4.34. The zero-order valence-electron chi connectivity index (χ0n) is 11.5. The van der Waals surface area contributed by atoms with Gasteiger partial charge in [-0.15, -0.1) is 0 Å². The van der Waals surface area contributed by atoms with E-state index < -0.39 is 17.4 Å². The van der Waals surface area contributed by atoms with Crippen LogP contribution in [0.5, 0.6) is 0 Å². The Kier molecular flexibility index (Phi) is 5.10. The lowest BCUT2D eigenvalue weighted by molar-refractivity contribution is -0.171. The van der Waals surface area contributed by atoms with Gasteiger partial charge in [0, 0.05) is 0 Å². The normalized spacial score (nSPS) is 16.9. The maximum absolute atomic E-state index is 12.2. The van der Waals surface area contributed by atoms with Crippen molar-refractivity contribution >= 4 is 11.9 Å². The minimum atomic E-state index is -1.28. The van der Waals surface area contributed by atoms with E-state index in [4.69, 9.17) is 9.47 Å². The highest BCUT2D eigenvalue weighted by Crippen LogP contribution is 2.45. The van der Waals surface area contributed by atoms with Crippen molar-refractivity contribution < 1.29 is 19.1 Å². The van der Waals surface area contributed by atoms with Crippen molar-refractivity contribution in [2.24, 2.45) is 5.41 Å². The minimum absolute atomic E-state index is 0.229. The van der Waals surface area contributed by atoms with E-state index in [1.54, 1.807) is 26.0 Å². The molecule has 0 bridgehead atoms. The van der Waals surface area contributed by atoms with Crippen molar-refractivity contribution in [2.75, 3.05) is 13.2 Å². The molecule has 0 aliphatic heterocycles. The van der Waals surface area contributed by atoms with E-state index in [1.807, 2.05) is 0 Å². The second-order valence-corrected chi connectivity index (χ2v) is 4.34. The van der Waals surface area contributed by atoms with Gasteiger partial charge in [0.1, 0.15) is 0 Å². The fraction of sp³-hybridized carbons (Fsp3) is 0.467. The van der Waals surface area contributed by atoms with Crippen LogP contribution >= 0.6 is 0 Å². The second kappa shape index (κ2) is 6.36. The molecule has 0 aromatic carbocycles. The molecule has 1 aliphatic rings. The maximum Gasteiger partial charge on any atom is 0.324 e. The molecule has 0 amide bonds. The Morgan fingerprint density at radius 3 is 1.68 bits per heavy atom. The average molecular weight is 264 g/mol. The highest BCUT2D eigenvalue weighted by Gasteiger charge is 2.52. The highest BCUT2D eigenvalue weighted by atomic mass is 16.6. The van der Waals surface area contributed by atoms with Crippen LogP contribution in [0.4, 0.5) is 0 Å². The summed E-state index contributed by atoms with van der Waals surface area (Å²) >= 11 is 0. The molecule has 19 heavy (non-hydrogen) atoms. The summed E-state index contributed by atoms with van der Waals surface area (Å²) in [6, 6.07) is 0. The number of hydrogen-bond donors (Lipinski definition) is 0. The van der Waals surface area contributed by atoms with Gasteiger partial charge in [-0.2, -0.15) is 0 Å². The molecule has 0 aromatic rings. The van der Waals surface area contributed by atoms with Gasteiger partial charge in [-0.05, 0) is 37.8 Å². The average Bonchev–Trinajstić information content (AvgIpc) is 2.79. The maximum atomic E-state index is 12.2. The van der Waals surface area contributed by atoms with E-state index >= 15 is 0 Å². The lowest BCUT2D eigenvalue weighted by Crippen LogP contribution is -2.40.